The van der Waals surface area contributed by atoms with Crippen molar-refractivity contribution < 1.29 is 21.5 Å². The smallest absolute Gasteiger partial charge is 0.118 e. The van der Waals surface area contributed by atoms with Gasteiger partial charge in [-0.15, -0.1) is 0 Å². The fraction of sp³-hybridized carbons (Fsp3) is 0.500. The molecule has 9 heavy (non-hydrogen) atoms. The van der Waals surface area contributed by atoms with Crippen LogP contribution in [0.1, 0.15) is 0 Å². The molecule has 0 aromatic rings. The first-order valence-electron chi connectivity index (χ1n) is 2.73. The van der Waals surface area contributed by atoms with Gasteiger partial charge in [-0.2, -0.15) is 0 Å². The Hall–Kier alpha value is -0.150. The van der Waals surface area contributed by atoms with Crippen LogP contribution in [0.25, 0.3) is 0 Å². The van der Waals surface area contributed by atoms with Crippen LogP contribution in [-0.2, 0) is 0 Å². The van der Waals surface area contributed by atoms with Crippen molar-refractivity contribution in [3.8, 4) is 0 Å². The third kappa shape index (κ3) is 2.77. The minimum atomic E-state index is 0. The van der Waals surface area contributed by atoms with Crippen LogP contribution >= 0.6 is 0 Å². The van der Waals surface area contributed by atoms with Crippen LogP contribution in [-0.4, -0.2) is 31.3 Å². The number of quaternary nitrogens is 1. The Morgan fingerprint density at radius 3 is 2.33 bits per heavy atom. The van der Waals surface area contributed by atoms with Crippen molar-refractivity contribution in [1.82, 2.24) is 0 Å². The van der Waals surface area contributed by atoms with E-state index in [1.54, 1.807) is 0 Å². The zero-order valence-electron chi connectivity index (χ0n) is 5.71. The molecule has 0 atom stereocenters. The van der Waals surface area contributed by atoms with E-state index < -0.39 is 0 Å². The van der Waals surface area contributed by atoms with Crippen molar-refractivity contribution >= 4 is 6.21 Å². The average Bonchev–Trinajstić information content (AvgIpc) is 1.65. The van der Waals surface area contributed by atoms with Gasteiger partial charge < -0.3 is 17.0 Å². The van der Waals surface area contributed by atoms with Crippen molar-refractivity contribution in [3.05, 3.63) is 12.4 Å². The topological polar surface area (TPSA) is 12.4 Å². The lowest BCUT2D eigenvalue weighted by atomic mass is 10.5. The van der Waals surface area contributed by atoms with Gasteiger partial charge >= 0.3 is 0 Å². The molecular weight excluding hydrogens is 180 g/mol. The summed E-state index contributed by atoms with van der Waals surface area (Å²) in [6.07, 6.45) is 5.84. The Bertz CT molecular complexity index is 138. The Kier molecular flexibility index (Phi) is 3.08. The second-order valence-corrected chi connectivity index (χ2v) is 2.59. The van der Waals surface area contributed by atoms with Crippen molar-refractivity contribution in [1.29, 1.82) is 0 Å². The molecule has 2 nitrogen and oxygen atoms in total. The van der Waals surface area contributed by atoms with Gasteiger partial charge in [-0.05, 0) is 0 Å². The van der Waals surface area contributed by atoms with Gasteiger partial charge in [-0.25, -0.2) is 0 Å². The van der Waals surface area contributed by atoms with E-state index in [1.807, 2.05) is 12.4 Å². The normalized spacial score (nSPS) is 21.1. The SMILES string of the molecule is C[N+]1(C)C=CN=CC1.[Br-]. The highest BCUT2D eigenvalue weighted by Crippen LogP contribution is 1.99. The largest absolute Gasteiger partial charge is 1.00 e. The minimum Gasteiger partial charge on any atom is -1.00 e. The van der Waals surface area contributed by atoms with E-state index in [9.17, 15) is 0 Å². The minimum absolute atomic E-state index is 0. The monoisotopic (exact) mass is 190 g/mol. The van der Waals surface area contributed by atoms with Crippen molar-refractivity contribution in [2.75, 3.05) is 20.6 Å². The van der Waals surface area contributed by atoms with Gasteiger partial charge in [0.05, 0.1) is 26.5 Å². The maximum Gasteiger partial charge on any atom is 0.118 e. The molecule has 0 aliphatic carbocycles. The third-order valence-corrected chi connectivity index (χ3v) is 1.21. The molecule has 52 valence electrons. The molecule has 0 spiro atoms. The molecule has 0 radical (unpaired) electrons. The van der Waals surface area contributed by atoms with E-state index in [-0.39, 0.29) is 17.0 Å². The molecule has 1 aliphatic heterocycles. The van der Waals surface area contributed by atoms with E-state index in [0.717, 1.165) is 11.0 Å². The lowest BCUT2D eigenvalue weighted by molar-refractivity contribution is -0.829. The van der Waals surface area contributed by atoms with E-state index in [0.29, 0.717) is 0 Å². The van der Waals surface area contributed by atoms with Crippen molar-refractivity contribution in [2.24, 2.45) is 4.99 Å². The van der Waals surface area contributed by atoms with Gasteiger partial charge in [0.1, 0.15) is 12.7 Å². The van der Waals surface area contributed by atoms with Gasteiger partial charge in [-0.3, -0.25) is 9.48 Å². The molecule has 3 heteroatoms. The molecule has 0 amide bonds. The van der Waals surface area contributed by atoms with E-state index >= 15 is 0 Å². The summed E-state index contributed by atoms with van der Waals surface area (Å²) in [6, 6.07) is 0. The summed E-state index contributed by atoms with van der Waals surface area (Å²) in [7, 11) is 4.28. The molecule has 0 fully saturated rings. The number of halogens is 1. The number of nitrogens with zero attached hydrogens (tertiary/aromatic N) is 2. The summed E-state index contributed by atoms with van der Waals surface area (Å²) < 4.78 is 0.920. The van der Waals surface area contributed by atoms with Crippen LogP contribution < -0.4 is 17.0 Å². The molecular formula is C6H11BrN2. The Balaban J connectivity index is 0.000000640. The van der Waals surface area contributed by atoms with Gasteiger partial charge in [-0.1, -0.05) is 0 Å². The molecule has 1 rings (SSSR count). The van der Waals surface area contributed by atoms with Gasteiger partial charge in [0.2, 0.25) is 0 Å². The number of aliphatic imine (C=N–C) groups is 1. The molecule has 0 saturated carbocycles. The van der Waals surface area contributed by atoms with Crippen LogP contribution in [0.5, 0.6) is 0 Å². The summed E-state index contributed by atoms with van der Waals surface area (Å²) in [5, 5.41) is 0. The first kappa shape index (κ1) is 8.85. The highest BCUT2D eigenvalue weighted by molar-refractivity contribution is 5.59. The molecule has 1 aliphatic rings. The Morgan fingerprint density at radius 1 is 1.44 bits per heavy atom. The first-order valence-corrected chi connectivity index (χ1v) is 2.73. The van der Waals surface area contributed by atoms with Crippen LogP contribution in [0.15, 0.2) is 17.4 Å². The first-order chi connectivity index (χ1) is 3.71. The number of hydrogen-bond acceptors (Lipinski definition) is 1. The predicted octanol–water partition coefficient (Wildman–Crippen LogP) is -2.38. The lowest BCUT2D eigenvalue weighted by Crippen LogP contribution is -3.00. The highest BCUT2D eigenvalue weighted by atomic mass is 79.9. The second kappa shape index (κ2) is 3.13. The van der Waals surface area contributed by atoms with Crippen LogP contribution in [0.4, 0.5) is 0 Å². The predicted molar refractivity (Wildman–Crippen MR) is 34.6 cm³/mol. The Labute approximate surface area is 66.2 Å². The van der Waals surface area contributed by atoms with Crippen molar-refractivity contribution in [2.45, 2.75) is 0 Å². The molecule has 0 aromatic carbocycles. The standard InChI is InChI=1S/C6H11N2.BrH/c1-8(2)5-3-7-4-6-8;/h3-5H,6H2,1-2H3;1H/q+1;/p-1. The zero-order valence-corrected chi connectivity index (χ0v) is 7.30. The van der Waals surface area contributed by atoms with Crippen molar-refractivity contribution in [3.63, 3.8) is 0 Å². The second-order valence-electron chi connectivity index (χ2n) is 2.59. The zero-order chi connectivity index (χ0) is 6.04. The molecule has 0 aromatic heterocycles. The van der Waals surface area contributed by atoms with Gasteiger partial charge in [0.25, 0.3) is 0 Å². The summed E-state index contributed by atoms with van der Waals surface area (Å²) in [4.78, 5) is 3.95. The summed E-state index contributed by atoms with van der Waals surface area (Å²) in [6.45, 7) is 1.01. The summed E-state index contributed by atoms with van der Waals surface area (Å²) in [5.74, 6) is 0. The van der Waals surface area contributed by atoms with Gasteiger partial charge in [0.15, 0.2) is 0 Å². The quantitative estimate of drug-likeness (QED) is 0.379. The number of rotatable bonds is 0. The summed E-state index contributed by atoms with van der Waals surface area (Å²) in [5.41, 5.74) is 0. The lowest BCUT2D eigenvalue weighted by Gasteiger charge is -2.23. The van der Waals surface area contributed by atoms with E-state index in [2.05, 4.69) is 25.3 Å². The molecule has 0 unspecified atom stereocenters. The third-order valence-electron chi connectivity index (χ3n) is 1.21. The maximum atomic E-state index is 3.95. The van der Waals surface area contributed by atoms with Crippen LogP contribution in [0.3, 0.4) is 0 Å². The molecule has 0 saturated heterocycles. The number of hydrogen-bond donors (Lipinski definition) is 0. The fourth-order valence-corrected chi connectivity index (χ4v) is 0.598. The average molecular weight is 191 g/mol. The van der Waals surface area contributed by atoms with E-state index in [4.69, 9.17) is 0 Å². The molecule has 0 N–H and O–H groups in total. The van der Waals surface area contributed by atoms with Crippen LogP contribution in [0.2, 0.25) is 0 Å². The molecule has 0 bridgehead atoms. The maximum absolute atomic E-state index is 3.95. The van der Waals surface area contributed by atoms with E-state index in [1.165, 1.54) is 0 Å². The van der Waals surface area contributed by atoms with Gasteiger partial charge in [0, 0.05) is 0 Å². The summed E-state index contributed by atoms with van der Waals surface area (Å²) >= 11 is 0. The highest BCUT2D eigenvalue weighted by Gasteiger charge is 2.09. The fourth-order valence-electron chi connectivity index (χ4n) is 0.598. The Morgan fingerprint density at radius 2 is 2.11 bits per heavy atom. The molecule has 1 heterocycles. The van der Waals surface area contributed by atoms with Crippen LogP contribution in [0, 0.1) is 0 Å².